The minimum absolute atomic E-state index is 0.0400. The molecule has 0 fully saturated rings. The molecule has 6 N–H and O–H groups in total. The first-order valence-electron chi connectivity index (χ1n) is 7.53. The van der Waals surface area contributed by atoms with Crippen molar-refractivity contribution in [3.05, 3.63) is 40.9 Å². The number of methoxy groups -OCH3 is 1. The fraction of sp³-hybridized carbons (Fsp3) is 0.125. The van der Waals surface area contributed by atoms with Gasteiger partial charge in [0.2, 0.25) is 5.96 Å². The summed E-state index contributed by atoms with van der Waals surface area (Å²) in [5.74, 6) is 0.379. The lowest BCUT2D eigenvalue weighted by atomic mass is 10.2. The number of aryl methyl sites for hydroxylation is 1. The van der Waals surface area contributed by atoms with Gasteiger partial charge in [-0.2, -0.15) is 9.79 Å². The first-order chi connectivity index (χ1) is 12.4. The van der Waals surface area contributed by atoms with E-state index in [1.807, 2.05) is 19.1 Å². The number of hydrogen-bond acceptors (Lipinski definition) is 4. The molecule has 26 heavy (non-hydrogen) atoms. The van der Waals surface area contributed by atoms with Gasteiger partial charge in [0.15, 0.2) is 5.96 Å². The van der Waals surface area contributed by atoms with Crippen molar-refractivity contribution in [3.8, 4) is 11.4 Å². The van der Waals surface area contributed by atoms with Gasteiger partial charge in [-0.15, -0.1) is 10.2 Å². The molecule has 134 valence electrons. The Bertz CT molecular complexity index is 1040. The third-order valence-electron chi connectivity index (χ3n) is 3.54. The fourth-order valence-corrected chi connectivity index (χ4v) is 2.61. The molecule has 9 nitrogen and oxygen atoms in total. The van der Waals surface area contributed by atoms with E-state index in [4.69, 9.17) is 33.5 Å². The summed E-state index contributed by atoms with van der Waals surface area (Å²) in [7, 11) is 1.56. The second-order valence-corrected chi connectivity index (χ2v) is 5.85. The lowest BCUT2D eigenvalue weighted by molar-refractivity contribution is 0.415. The molecule has 0 unspecified atom stereocenters. The molecule has 0 aliphatic carbocycles. The van der Waals surface area contributed by atoms with Crippen LogP contribution in [0.4, 0.5) is 5.69 Å². The van der Waals surface area contributed by atoms with E-state index < -0.39 is 0 Å². The van der Waals surface area contributed by atoms with Gasteiger partial charge in [-0.05, 0) is 42.8 Å². The standard InChI is InChI=1S/C16H17ClN8O/c1-8-5-12-13(7-11(8)21-16(20)22-15(18)19)24-25(23-12)9-3-4-14(26-2)10(17)6-9/h3-7H,1-2H3,(H6,18,19,20,21,22). The second-order valence-electron chi connectivity index (χ2n) is 5.44. The van der Waals surface area contributed by atoms with Gasteiger partial charge < -0.3 is 21.9 Å². The molecule has 3 rings (SSSR count). The highest BCUT2D eigenvalue weighted by atomic mass is 35.5. The first kappa shape index (κ1) is 17.5. The number of aromatic nitrogens is 3. The van der Waals surface area contributed by atoms with E-state index in [1.165, 1.54) is 4.80 Å². The quantitative estimate of drug-likeness (QED) is 0.470. The van der Waals surface area contributed by atoms with E-state index in [2.05, 4.69) is 20.2 Å². The van der Waals surface area contributed by atoms with Crippen molar-refractivity contribution >= 4 is 40.2 Å². The van der Waals surface area contributed by atoms with Gasteiger partial charge in [-0.25, -0.2) is 4.99 Å². The molecule has 0 saturated heterocycles. The number of nitrogens with zero attached hydrogens (tertiary/aromatic N) is 5. The van der Waals surface area contributed by atoms with Gasteiger partial charge in [0.1, 0.15) is 16.8 Å². The number of fused-ring (bicyclic) bond motifs is 1. The molecule has 0 saturated carbocycles. The summed E-state index contributed by atoms with van der Waals surface area (Å²) in [6, 6.07) is 8.90. The number of ether oxygens (including phenoxy) is 1. The Labute approximate surface area is 154 Å². The normalized spacial score (nSPS) is 11.6. The van der Waals surface area contributed by atoms with Crippen LogP contribution in [0.25, 0.3) is 16.7 Å². The predicted molar refractivity (Wildman–Crippen MR) is 102 cm³/mol. The largest absolute Gasteiger partial charge is 0.495 e. The molecular formula is C16H17ClN8O. The zero-order valence-corrected chi connectivity index (χ0v) is 14.9. The zero-order valence-electron chi connectivity index (χ0n) is 14.1. The summed E-state index contributed by atoms with van der Waals surface area (Å²) >= 11 is 6.17. The van der Waals surface area contributed by atoms with Crippen LogP contribution in [0.2, 0.25) is 5.02 Å². The molecule has 0 amide bonds. The highest BCUT2D eigenvalue weighted by Gasteiger charge is 2.10. The van der Waals surface area contributed by atoms with Crippen LogP contribution < -0.4 is 21.9 Å². The highest BCUT2D eigenvalue weighted by molar-refractivity contribution is 6.32. The predicted octanol–water partition coefficient (Wildman–Crippen LogP) is 1.61. The Balaban J connectivity index is 2.04. The van der Waals surface area contributed by atoms with Crippen molar-refractivity contribution in [2.24, 2.45) is 27.2 Å². The van der Waals surface area contributed by atoms with Crippen molar-refractivity contribution in [2.75, 3.05) is 7.11 Å². The lowest BCUT2D eigenvalue weighted by Gasteiger charge is -2.04. The van der Waals surface area contributed by atoms with Gasteiger partial charge in [0.25, 0.3) is 0 Å². The number of benzene rings is 2. The average molecular weight is 373 g/mol. The van der Waals surface area contributed by atoms with Gasteiger partial charge in [-0.3, -0.25) is 0 Å². The minimum atomic E-state index is -0.160. The molecule has 1 heterocycles. The second kappa shape index (κ2) is 6.89. The SMILES string of the molecule is COc1ccc(-n2nc3cc(C)c(N=C(N)N=C(N)N)cc3n2)cc1Cl. The molecule has 0 aliphatic heterocycles. The Hall–Kier alpha value is -3.33. The van der Waals surface area contributed by atoms with Gasteiger partial charge in [0, 0.05) is 0 Å². The Morgan fingerprint density at radius 1 is 1.12 bits per heavy atom. The molecule has 10 heteroatoms. The third kappa shape index (κ3) is 3.52. The molecule has 3 aromatic rings. The molecule has 0 aliphatic rings. The van der Waals surface area contributed by atoms with Crippen LogP contribution in [0.3, 0.4) is 0 Å². The molecule has 0 radical (unpaired) electrons. The average Bonchev–Trinajstić information content (AvgIpc) is 2.97. The number of halogens is 1. The van der Waals surface area contributed by atoms with Gasteiger partial charge >= 0.3 is 0 Å². The highest BCUT2D eigenvalue weighted by Crippen LogP contribution is 2.28. The Morgan fingerprint density at radius 2 is 1.81 bits per heavy atom. The maximum atomic E-state index is 6.17. The molecule has 2 aromatic carbocycles. The summed E-state index contributed by atoms with van der Waals surface area (Å²) in [6.45, 7) is 1.88. The maximum Gasteiger partial charge on any atom is 0.223 e. The number of nitrogens with two attached hydrogens (primary N) is 3. The number of hydrogen-bond donors (Lipinski definition) is 3. The number of aliphatic imine (C=N–C) groups is 2. The summed E-state index contributed by atoms with van der Waals surface area (Å²) < 4.78 is 5.15. The van der Waals surface area contributed by atoms with Crippen LogP contribution in [-0.4, -0.2) is 34.0 Å². The van der Waals surface area contributed by atoms with Crippen LogP contribution in [0.5, 0.6) is 5.75 Å². The monoisotopic (exact) mass is 372 g/mol. The van der Waals surface area contributed by atoms with Crippen molar-refractivity contribution in [1.29, 1.82) is 0 Å². The molecule has 0 bridgehead atoms. The zero-order chi connectivity index (χ0) is 18.8. The smallest absolute Gasteiger partial charge is 0.223 e. The van der Waals surface area contributed by atoms with Gasteiger partial charge in [-0.1, -0.05) is 11.6 Å². The number of rotatable bonds is 3. The number of guanidine groups is 2. The van der Waals surface area contributed by atoms with Crippen LogP contribution in [-0.2, 0) is 0 Å². The van der Waals surface area contributed by atoms with Crippen molar-refractivity contribution in [2.45, 2.75) is 6.92 Å². The Morgan fingerprint density at radius 3 is 2.42 bits per heavy atom. The third-order valence-corrected chi connectivity index (χ3v) is 3.84. The van der Waals surface area contributed by atoms with E-state index in [0.29, 0.717) is 33.2 Å². The van der Waals surface area contributed by atoms with E-state index >= 15 is 0 Å². The molecule has 0 atom stereocenters. The maximum absolute atomic E-state index is 6.17. The van der Waals surface area contributed by atoms with Crippen molar-refractivity contribution < 1.29 is 4.74 Å². The van der Waals surface area contributed by atoms with E-state index in [-0.39, 0.29) is 11.9 Å². The molecular weight excluding hydrogens is 356 g/mol. The molecule has 0 spiro atoms. The van der Waals surface area contributed by atoms with Crippen molar-refractivity contribution in [1.82, 2.24) is 15.0 Å². The van der Waals surface area contributed by atoms with E-state index in [0.717, 1.165) is 5.56 Å². The van der Waals surface area contributed by atoms with Crippen molar-refractivity contribution in [3.63, 3.8) is 0 Å². The van der Waals surface area contributed by atoms with Crippen LogP contribution in [0, 0.1) is 6.92 Å². The summed E-state index contributed by atoms with van der Waals surface area (Å²) in [5, 5.41) is 9.40. The minimum Gasteiger partial charge on any atom is -0.495 e. The van der Waals surface area contributed by atoms with Crippen LogP contribution >= 0.6 is 11.6 Å². The van der Waals surface area contributed by atoms with Crippen LogP contribution in [0.15, 0.2) is 40.3 Å². The Kier molecular flexibility index (Phi) is 4.63. The fourth-order valence-electron chi connectivity index (χ4n) is 2.35. The summed E-state index contributed by atoms with van der Waals surface area (Å²) in [6.07, 6.45) is 0. The summed E-state index contributed by atoms with van der Waals surface area (Å²) in [5.41, 5.74) is 19.8. The van der Waals surface area contributed by atoms with Crippen LogP contribution in [0.1, 0.15) is 5.56 Å². The topological polar surface area (TPSA) is 143 Å². The van der Waals surface area contributed by atoms with Gasteiger partial charge in [0.05, 0.1) is 23.5 Å². The lowest BCUT2D eigenvalue weighted by Crippen LogP contribution is -2.26. The van der Waals surface area contributed by atoms with E-state index in [1.54, 1.807) is 25.3 Å². The van der Waals surface area contributed by atoms with E-state index in [9.17, 15) is 0 Å². The summed E-state index contributed by atoms with van der Waals surface area (Å²) in [4.78, 5) is 9.39. The molecule has 1 aromatic heterocycles. The first-order valence-corrected chi connectivity index (χ1v) is 7.90.